The van der Waals surface area contributed by atoms with Gasteiger partial charge < -0.3 is 4.74 Å². The van der Waals surface area contributed by atoms with Crippen molar-refractivity contribution in [2.75, 3.05) is 12.4 Å². The molecule has 0 spiro atoms. The summed E-state index contributed by atoms with van der Waals surface area (Å²) in [6.07, 6.45) is 5.63. The summed E-state index contributed by atoms with van der Waals surface area (Å²) in [6, 6.07) is 13.0. The number of ether oxygens (including phenoxy) is 1. The van der Waals surface area contributed by atoms with Crippen LogP contribution in [0, 0.1) is 0 Å². The summed E-state index contributed by atoms with van der Waals surface area (Å²) in [5.74, 6) is 0.537. The highest BCUT2D eigenvalue weighted by Gasteiger charge is 2.07. The minimum Gasteiger partial charge on any atom is -0.497 e. The van der Waals surface area contributed by atoms with E-state index >= 15 is 0 Å². The lowest BCUT2D eigenvalue weighted by atomic mass is 10.1. The van der Waals surface area contributed by atoms with Crippen molar-refractivity contribution in [3.8, 4) is 5.75 Å². The van der Waals surface area contributed by atoms with E-state index in [-0.39, 0.29) is 5.91 Å². The Labute approximate surface area is 171 Å². The van der Waals surface area contributed by atoms with Crippen LogP contribution in [0.25, 0.3) is 6.08 Å². The van der Waals surface area contributed by atoms with E-state index < -0.39 is 0 Å². The van der Waals surface area contributed by atoms with Crippen molar-refractivity contribution in [1.29, 1.82) is 0 Å². The molecule has 0 unspecified atom stereocenters. The van der Waals surface area contributed by atoms with Crippen molar-refractivity contribution in [1.82, 2.24) is 4.98 Å². The molecular weight excluding hydrogens is 403 g/mol. The number of thiazole rings is 1. The Balaban J connectivity index is 1.58. The number of halogens is 2. The first-order valence-corrected chi connectivity index (χ1v) is 9.62. The van der Waals surface area contributed by atoms with Gasteiger partial charge in [0, 0.05) is 23.6 Å². The van der Waals surface area contributed by atoms with Crippen molar-refractivity contribution >= 4 is 51.7 Å². The van der Waals surface area contributed by atoms with Crippen molar-refractivity contribution in [2.45, 2.75) is 6.42 Å². The van der Waals surface area contributed by atoms with Crippen LogP contribution in [0.5, 0.6) is 5.75 Å². The fourth-order valence-corrected chi connectivity index (χ4v) is 3.50. The van der Waals surface area contributed by atoms with Crippen LogP contribution >= 0.6 is 34.5 Å². The molecule has 3 aromatic rings. The maximum atomic E-state index is 12.1. The van der Waals surface area contributed by atoms with Gasteiger partial charge in [0.05, 0.1) is 17.2 Å². The maximum absolute atomic E-state index is 12.1. The van der Waals surface area contributed by atoms with Crippen LogP contribution in [-0.2, 0) is 11.2 Å². The number of nitrogens with zero attached hydrogens (tertiary/aromatic N) is 1. The Bertz CT molecular complexity index is 968. The normalized spacial score (nSPS) is 10.9. The molecule has 0 atom stereocenters. The number of rotatable bonds is 6. The molecule has 27 heavy (non-hydrogen) atoms. The highest BCUT2D eigenvalue weighted by atomic mass is 35.5. The number of hydrogen-bond donors (Lipinski definition) is 1. The summed E-state index contributed by atoms with van der Waals surface area (Å²) in [6.45, 7) is 0. The largest absolute Gasteiger partial charge is 0.497 e. The predicted octanol–water partition coefficient (Wildman–Crippen LogP) is 5.70. The second-order valence-corrected chi connectivity index (χ2v) is 7.58. The van der Waals surface area contributed by atoms with Gasteiger partial charge in [0.1, 0.15) is 5.75 Å². The van der Waals surface area contributed by atoms with E-state index in [1.165, 1.54) is 17.4 Å². The SMILES string of the molecule is COc1ccc(C=CC(=O)Nc2ncc(Cc3ccc(Cl)c(Cl)c3)s2)cc1. The molecule has 7 heteroatoms. The number of nitrogens with one attached hydrogen (secondary N) is 1. The van der Waals surface area contributed by atoms with E-state index in [0.29, 0.717) is 21.6 Å². The number of carbonyl (C=O) groups excluding carboxylic acids is 1. The number of carbonyl (C=O) groups is 1. The highest BCUT2D eigenvalue weighted by molar-refractivity contribution is 7.15. The molecule has 0 aliphatic carbocycles. The molecule has 1 amide bonds. The molecule has 138 valence electrons. The minimum absolute atomic E-state index is 0.235. The van der Waals surface area contributed by atoms with Gasteiger partial charge in [-0.1, -0.05) is 41.4 Å². The molecule has 0 radical (unpaired) electrons. The summed E-state index contributed by atoms with van der Waals surface area (Å²) in [5, 5.41) is 4.37. The molecule has 2 aromatic carbocycles. The number of hydrogen-bond acceptors (Lipinski definition) is 4. The van der Waals surface area contributed by atoms with Gasteiger partial charge in [-0.3, -0.25) is 10.1 Å². The lowest BCUT2D eigenvalue weighted by molar-refractivity contribution is -0.111. The van der Waals surface area contributed by atoms with E-state index in [9.17, 15) is 4.79 Å². The first-order valence-electron chi connectivity index (χ1n) is 8.05. The number of anilines is 1. The van der Waals surface area contributed by atoms with Gasteiger partial charge in [-0.05, 0) is 41.5 Å². The third kappa shape index (κ3) is 5.57. The van der Waals surface area contributed by atoms with Crippen LogP contribution in [-0.4, -0.2) is 18.0 Å². The highest BCUT2D eigenvalue weighted by Crippen LogP contribution is 2.26. The monoisotopic (exact) mass is 418 g/mol. The van der Waals surface area contributed by atoms with E-state index in [4.69, 9.17) is 27.9 Å². The zero-order valence-electron chi connectivity index (χ0n) is 14.4. The van der Waals surface area contributed by atoms with Gasteiger partial charge in [-0.15, -0.1) is 11.3 Å². The van der Waals surface area contributed by atoms with Crippen molar-refractivity contribution in [2.24, 2.45) is 0 Å². The van der Waals surface area contributed by atoms with Gasteiger partial charge in [0.25, 0.3) is 0 Å². The summed E-state index contributed by atoms with van der Waals surface area (Å²) < 4.78 is 5.11. The Kier molecular flexibility index (Phi) is 6.50. The van der Waals surface area contributed by atoms with E-state index in [1.807, 2.05) is 36.4 Å². The van der Waals surface area contributed by atoms with Gasteiger partial charge in [0.2, 0.25) is 5.91 Å². The van der Waals surface area contributed by atoms with Crippen LogP contribution in [0.2, 0.25) is 10.0 Å². The Morgan fingerprint density at radius 1 is 1.19 bits per heavy atom. The molecule has 0 aliphatic heterocycles. The number of benzene rings is 2. The van der Waals surface area contributed by atoms with E-state index in [1.54, 1.807) is 25.4 Å². The first-order chi connectivity index (χ1) is 13.0. The average Bonchev–Trinajstić information content (AvgIpc) is 3.10. The molecule has 1 N–H and O–H groups in total. The molecule has 0 aliphatic rings. The molecule has 0 fully saturated rings. The summed E-state index contributed by atoms with van der Waals surface area (Å²) in [5.41, 5.74) is 1.94. The third-order valence-electron chi connectivity index (χ3n) is 3.69. The number of amides is 1. The van der Waals surface area contributed by atoms with E-state index in [0.717, 1.165) is 21.8 Å². The van der Waals surface area contributed by atoms with Crippen LogP contribution in [0.4, 0.5) is 5.13 Å². The molecule has 1 heterocycles. The van der Waals surface area contributed by atoms with Crippen LogP contribution in [0.15, 0.2) is 54.7 Å². The van der Waals surface area contributed by atoms with Crippen LogP contribution < -0.4 is 10.1 Å². The fourth-order valence-electron chi connectivity index (χ4n) is 2.33. The number of aromatic nitrogens is 1. The molecule has 0 saturated carbocycles. The second kappa shape index (κ2) is 9.04. The lowest BCUT2D eigenvalue weighted by Crippen LogP contribution is -2.07. The zero-order valence-corrected chi connectivity index (χ0v) is 16.7. The van der Waals surface area contributed by atoms with Crippen LogP contribution in [0.3, 0.4) is 0 Å². The zero-order chi connectivity index (χ0) is 19.2. The Morgan fingerprint density at radius 3 is 2.67 bits per heavy atom. The topological polar surface area (TPSA) is 51.2 Å². The lowest BCUT2D eigenvalue weighted by Gasteiger charge is -2.01. The van der Waals surface area contributed by atoms with Gasteiger partial charge in [-0.25, -0.2) is 4.98 Å². The Morgan fingerprint density at radius 2 is 1.96 bits per heavy atom. The summed E-state index contributed by atoms with van der Waals surface area (Å²) >= 11 is 13.4. The Hall–Kier alpha value is -2.34. The summed E-state index contributed by atoms with van der Waals surface area (Å²) in [7, 11) is 1.61. The van der Waals surface area contributed by atoms with Crippen LogP contribution in [0.1, 0.15) is 16.0 Å². The first kappa shape index (κ1) is 19.4. The molecule has 3 rings (SSSR count). The third-order valence-corrected chi connectivity index (χ3v) is 5.34. The van der Waals surface area contributed by atoms with E-state index in [2.05, 4.69) is 10.3 Å². The van der Waals surface area contributed by atoms with Crippen molar-refractivity contribution in [3.63, 3.8) is 0 Å². The van der Waals surface area contributed by atoms with Gasteiger partial charge in [-0.2, -0.15) is 0 Å². The minimum atomic E-state index is -0.235. The predicted molar refractivity (Wildman–Crippen MR) is 112 cm³/mol. The quantitative estimate of drug-likeness (QED) is 0.522. The standard InChI is InChI=1S/C20H16Cl2N2O2S/c1-26-15-6-2-13(3-7-15)5-9-19(25)24-20-23-12-16(27-20)10-14-4-8-17(21)18(22)11-14/h2-9,11-12H,10H2,1H3,(H,23,24,25). The average molecular weight is 419 g/mol. The maximum Gasteiger partial charge on any atom is 0.250 e. The fraction of sp³-hybridized carbons (Fsp3) is 0.100. The van der Waals surface area contributed by atoms with Crippen molar-refractivity contribution in [3.05, 3.63) is 80.8 Å². The van der Waals surface area contributed by atoms with Gasteiger partial charge in [0.15, 0.2) is 5.13 Å². The molecular formula is C20H16Cl2N2O2S. The molecule has 0 bridgehead atoms. The second-order valence-electron chi connectivity index (χ2n) is 5.65. The van der Waals surface area contributed by atoms with Crippen molar-refractivity contribution < 1.29 is 9.53 Å². The van der Waals surface area contributed by atoms with Gasteiger partial charge >= 0.3 is 0 Å². The smallest absolute Gasteiger partial charge is 0.250 e. The molecule has 1 aromatic heterocycles. The molecule has 0 saturated heterocycles. The number of methoxy groups -OCH3 is 1. The summed E-state index contributed by atoms with van der Waals surface area (Å²) in [4.78, 5) is 17.3. The molecule has 4 nitrogen and oxygen atoms in total.